The highest BCUT2D eigenvalue weighted by molar-refractivity contribution is 5.77. The lowest BCUT2D eigenvalue weighted by Crippen LogP contribution is -2.41. The molecule has 0 fully saturated rings. The average molecular weight is 181 g/mol. The summed E-state index contributed by atoms with van der Waals surface area (Å²) in [5.41, 5.74) is -0.0978. The normalized spacial score (nSPS) is 21.9. The fourth-order valence-electron chi connectivity index (χ4n) is 1.57. The van der Waals surface area contributed by atoms with Crippen molar-refractivity contribution in [3.8, 4) is 0 Å². The van der Waals surface area contributed by atoms with E-state index in [0.29, 0.717) is 12.3 Å². The van der Waals surface area contributed by atoms with Crippen molar-refractivity contribution in [1.29, 1.82) is 0 Å². The van der Waals surface area contributed by atoms with Gasteiger partial charge in [-0.3, -0.25) is 4.79 Å². The van der Waals surface area contributed by atoms with Crippen LogP contribution in [0.25, 0.3) is 0 Å². The zero-order chi connectivity index (χ0) is 9.90. The molecular formula is C11H19NO. The highest BCUT2D eigenvalue weighted by Crippen LogP contribution is 2.20. The van der Waals surface area contributed by atoms with Crippen LogP contribution in [-0.2, 0) is 4.79 Å². The molecule has 1 aliphatic rings. The molecular weight excluding hydrogens is 162 g/mol. The van der Waals surface area contributed by atoms with E-state index in [1.807, 2.05) is 20.8 Å². The molecule has 0 saturated heterocycles. The zero-order valence-electron chi connectivity index (χ0n) is 8.76. The predicted molar refractivity (Wildman–Crippen MR) is 54.4 cm³/mol. The maximum absolute atomic E-state index is 11.5. The van der Waals surface area contributed by atoms with Gasteiger partial charge in [-0.25, -0.2) is 0 Å². The number of hydrogen-bond acceptors (Lipinski definition) is 1. The number of hydrogen-bond donors (Lipinski definition) is 1. The molecule has 74 valence electrons. The summed E-state index contributed by atoms with van der Waals surface area (Å²) in [7, 11) is 0. The molecule has 1 aliphatic carbocycles. The van der Waals surface area contributed by atoms with Crippen LogP contribution in [0.3, 0.4) is 0 Å². The highest BCUT2D eigenvalue weighted by atomic mass is 16.1. The minimum Gasteiger partial charge on any atom is -0.351 e. The van der Waals surface area contributed by atoms with Crippen LogP contribution in [0.4, 0.5) is 0 Å². The summed E-state index contributed by atoms with van der Waals surface area (Å²) in [4.78, 5) is 11.5. The topological polar surface area (TPSA) is 29.1 Å². The molecule has 0 bridgehead atoms. The molecule has 1 rings (SSSR count). The Morgan fingerprint density at radius 2 is 2.23 bits per heavy atom. The van der Waals surface area contributed by atoms with E-state index in [0.717, 1.165) is 12.8 Å². The van der Waals surface area contributed by atoms with E-state index >= 15 is 0 Å². The first kappa shape index (κ1) is 10.3. The van der Waals surface area contributed by atoms with Crippen LogP contribution < -0.4 is 5.32 Å². The van der Waals surface area contributed by atoms with Crippen molar-refractivity contribution in [3.05, 3.63) is 12.2 Å². The second-order valence-corrected chi connectivity index (χ2v) is 4.77. The van der Waals surface area contributed by atoms with Gasteiger partial charge in [-0.1, -0.05) is 12.2 Å². The van der Waals surface area contributed by atoms with Crippen molar-refractivity contribution in [1.82, 2.24) is 5.32 Å². The molecule has 0 aromatic heterocycles. The minimum absolute atomic E-state index is 0.0978. The molecule has 13 heavy (non-hydrogen) atoms. The first-order valence-electron chi connectivity index (χ1n) is 4.95. The van der Waals surface area contributed by atoms with E-state index < -0.39 is 0 Å². The predicted octanol–water partition coefficient (Wildman–Crippen LogP) is 2.26. The van der Waals surface area contributed by atoms with Gasteiger partial charge in [-0.05, 0) is 39.5 Å². The van der Waals surface area contributed by atoms with Crippen molar-refractivity contribution in [2.75, 3.05) is 0 Å². The van der Waals surface area contributed by atoms with Crippen LogP contribution >= 0.6 is 0 Å². The summed E-state index contributed by atoms with van der Waals surface area (Å²) < 4.78 is 0. The maximum Gasteiger partial charge on any atom is 0.220 e. The number of allylic oxidation sites excluding steroid dienone is 2. The molecule has 0 spiro atoms. The molecule has 1 unspecified atom stereocenters. The Bertz CT molecular complexity index is 213. The monoisotopic (exact) mass is 181 g/mol. The Labute approximate surface area is 80.4 Å². The molecule has 0 heterocycles. The Morgan fingerprint density at radius 3 is 2.69 bits per heavy atom. The van der Waals surface area contributed by atoms with Gasteiger partial charge in [0.2, 0.25) is 5.91 Å². The first-order chi connectivity index (χ1) is 5.97. The van der Waals surface area contributed by atoms with Crippen LogP contribution in [0, 0.1) is 5.92 Å². The SMILES string of the molecule is CC(C)(C)NC(=O)CC1C=CCC1. The van der Waals surface area contributed by atoms with Crippen molar-refractivity contribution in [2.45, 2.75) is 45.6 Å². The Morgan fingerprint density at radius 1 is 1.54 bits per heavy atom. The number of nitrogens with one attached hydrogen (secondary N) is 1. The van der Waals surface area contributed by atoms with E-state index in [4.69, 9.17) is 0 Å². The average Bonchev–Trinajstić information content (AvgIpc) is 2.34. The lowest BCUT2D eigenvalue weighted by molar-refractivity contribution is -0.123. The van der Waals surface area contributed by atoms with Crippen LogP contribution in [0.1, 0.15) is 40.0 Å². The Balaban J connectivity index is 2.29. The van der Waals surface area contributed by atoms with E-state index in [-0.39, 0.29) is 11.4 Å². The third kappa shape index (κ3) is 4.11. The largest absolute Gasteiger partial charge is 0.351 e. The quantitative estimate of drug-likeness (QED) is 0.650. The Kier molecular flexibility index (Phi) is 3.12. The second-order valence-electron chi connectivity index (χ2n) is 4.77. The Hall–Kier alpha value is -0.790. The van der Waals surface area contributed by atoms with Gasteiger partial charge in [0.1, 0.15) is 0 Å². The molecule has 0 radical (unpaired) electrons. The standard InChI is InChI=1S/C11H19NO/c1-11(2,3)12-10(13)8-9-6-4-5-7-9/h4,6,9H,5,7-8H2,1-3H3,(H,12,13). The van der Waals surface area contributed by atoms with Gasteiger partial charge in [-0.15, -0.1) is 0 Å². The van der Waals surface area contributed by atoms with Gasteiger partial charge >= 0.3 is 0 Å². The molecule has 0 saturated carbocycles. The summed E-state index contributed by atoms with van der Waals surface area (Å²) in [5.74, 6) is 0.645. The van der Waals surface area contributed by atoms with E-state index in [9.17, 15) is 4.79 Å². The van der Waals surface area contributed by atoms with Gasteiger partial charge < -0.3 is 5.32 Å². The van der Waals surface area contributed by atoms with Gasteiger partial charge in [-0.2, -0.15) is 0 Å². The van der Waals surface area contributed by atoms with Crippen molar-refractivity contribution in [3.63, 3.8) is 0 Å². The van der Waals surface area contributed by atoms with Gasteiger partial charge in [0.15, 0.2) is 0 Å². The lowest BCUT2D eigenvalue weighted by atomic mass is 10.0. The van der Waals surface area contributed by atoms with Crippen LogP contribution in [0.2, 0.25) is 0 Å². The lowest BCUT2D eigenvalue weighted by Gasteiger charge is -2.21. The van der Waals surface area contributed by atoms with Crippen LogP contribution in [0.5, 0.6) is 0 Å². The molecule has 2 nitrogen and oxygen atoms in total. The molecule has 0 aromatic rings. The fourth-order valence-corrected chi connectivity index (χ4v) is 1.57. The third-order valence-corrected chi connectivity index (χ3v) is 2.07. The summed E-state index contributed by atoms with van der Waals surface area (Å²) in [6.07, 6.45) is 7.23. The fraction of sp³-hybridized carbons (Fsp3) is 0.727. The van der Waals surface area contributed by atoms with E-state index in [1.165, 1.54) is 0 Å². The maximum atomic E-state index is 11.5. The molecule has 1 amide bonds. The van der Waals surface area contributed by atoms with E-state index in [2.05, 4.69) is 17.5 Å². The number of rotatable bonds is 2. The summed E-state index contributed by atoms with van der Waals surface area (Å²) in [6.45, 7) is 6.03. The van der Waals surface area contributed by atoms with Crippen molar-refractivity contribution in [2.24, 2.45) is 5.92 Å². The number of carbonyl (C=O) groups excluding carboxylic acids is 1. The minimum atomic E-state index is -0.0978. The smallest absolute Gasteiger partial charge is 0.220 e. The summed E-state index contributed by atoms with van der Waals surface area (Å²) >= 11 is 0. The van der Waals surface area contributed by atoms with Crippen LogP contribution in [0.15, 0.2) is 12.2 Å². The zero-order valence-corrected chi connectivity index (χ0v) is 8.76. The second kappa shape index (κ2) is 3.95. The highest BCUT2D eigenvalue weighted by Gasteiger charge is 2.18. The summed E-state index contributed by atoms with van der Waals surface area (Å²) in [6, 6.07) is 0. The van der Waals surface area contributed by atoms with Crippen molar-refractivity contribution >= 4 is 5.91 Å². The number of carbonyl (C=O) groups is 1. The van der Waals surface area contributed by atoms with E-state index in [1.54, 1.807) is 0 Å². The summed E-state index contributed by atoms with van der Waals surface area (Å²) in [5, 5.41) is 2.97. The molecule has 0 aromatic carbocycles. The molecule has 0 aliphatic heterocycles. The molecule has 1 atom stereocenters. The first-order valence-corrected chi connectivity index (χ1v) is 4.95. The molecule has 1 N–H and O–H groups in total. The van der Waals surface area contributed by atoms with Gasteiger partial charge in [0, 0.05) is 12.0 Å². The number of amides is 1. The molecule has 2 heteroatoms. The van der Waals surface area contributed by atoms with Crippen LogP contribution in [-0.4, -0.2) is 11.4 Å². The van der Waals surface area contributed by atoms with Crippen molar-refractivity contribution < 1.29 is 4.79 Å². The van der Waals surface area contributed by atoms with Gasteiger partial charge in [0.25, 0.3) is 0 Å². The third-order valence-electron chi connectivity index (χ3n) is 2.07. The van der Waals surface area contributed by atoms with Gasteiger partial charge in [0.05, 0.1) is 0 Å².